The number of aromatic hydroxyl groups is 1. The van der Waals surface area contributed by atoms with Gasteiger partial charge >= 0.3 is 0 Å². The third-order valence-electron chi connectivity index (χ3n) is 1.65. The van der Waals surface area contributed by atoms with Gasteiger partial charge in [-0.2, -0.15) is 0 Å². The molecular formula is C8H10BrClFNO2. The van der Waals surface area contributed by atoms with E-state index < -0.39 is 17.6 Å². The van der Waals surface area contributed by atoms with Gasteiger partial charge in [0.15, 0.2) is 11.6 Å². The van der Waals surface area contributed by atoms with Crippen LogP contribution in [0.4, 0.5) is 4.39 Å². The number of aliphatic hydroxyl groups is 1. The Kier molecular flexibility index (Phi) is 5.36. The number of rotatable bonds is 2. The van der Waals surface area contributed by atoms with Gasteiger partial charge in [0.2, 0.25) is 0 Å². The maximum absolute atomic E-state index is 12.9. The van der Waals surface area contributed by atoms with E-state index in [1.54, 1.807) is 0 Å². The Morgan fingerprint density at radius 3 is 2.57 bits per heavy atom. The highest BCUT2D eigenvalue weighted by molar-refractivity contribution is 9.10. The molecule has 0 saturated carbocycles. The van der Waals surface area contributed by atoms with Crippen LogP contribution < -0.4 is 5.73 Å². The van der Waals surface area contributed by atoms with Crippen LogP contribution in [0.3, 0.4) is 0 Å². The minimum atomic E-state index is -0.771. The van der Waals surface area contributed by atoms with Crippen LogP contribution in [0.2, 0.25) is 0 Å². The molecule has 1 aromatic rings. The lowest BCUT2D eigenvalue weighted by molar-refractivity contribution is 0.264. The van der Waals surface area contributed by atoms with Gasteiger partial charge in [-0.25, -0.2) is 4.39 Å². The standard InChI is InChI=1S/C8H9BrFNO2.ClH/c9-4-1-5(7(11)3-12)8(13)6(10)2-4;/h1-2,7,12-13H,3,11H2;1H/t7-;/m1./s1. The zero-order chi connectivity index (χ0) is 10.0. The minimum absolute atomic E-state index is 0. The molecule has 0 aliphatic rings. The van der Waals surface area contributed by atoms with E-state index in [9.17, 15) is 9.50 Å². The molecule has 1 aromatic carbocycles. The van der Waals surface area contributed by atoms with Gasteiger partial charge in [-0.3, -0.25) is 0 Å². The molecule has 0 fully saturated rings. The number of phenolic OH excluding ortho intramolecular Hbond substituents is 1. The summed E-state index contributed by atoms with van der Waals surface area (Å²) in [5.41, 5.74) is 5.62. The Labute approximate surface area is 95.3 Å². The van der Waals surface area contributed by atoms with Gasteiger partial charge < -0.3 is 15.9 Å². The van der Waals surface area contributed by atoms with Crippen molar-refractivity contribution in [3.8, 4) is 5.75 Å². The number of phenols is 1. The molecule has 0 saturated heterocycles. The van der Waals surface area contributed by atoms with Crippen molar-refractivity contribution in [2.45, 2.75) is 6.04 Å². The molecule has 0 spiro atoms. The fraction of sp³-hybridized carbons (Fsp3) is 0.250. The Hall–Kier alpha value is -0.360. The van der Waals surface area contributed by atoms with Gasteiger partial charge in [0, 0.05) is 10.0 Å². The predicted molar refractivity (Wildman–Crippen MR) is 57.0 cm³/mol. The summed E-state index contributed by atoms with van der Waals surface area (Å²) in [6.45, 7) is -0.344. The van der Waals surface area contributed by atoms with Gasteiger partial charge in [0.1, 0.15) is 0 Å². The van der Waals surface area contributed by atoms with E-state index in [1.807, 2.05) is 0 Å². The molecule has 6 heteroatoms. The fourth-order valence-corrected chi connectivity index (χ4v) is 1.41. The molecule has 0 unspecified atom stereocenters. The largest absolute Gasteiger partial charge is 0.505 e. The first kappa shape index (κ1) is 13.6. The summed E-state index contributed by atoms with van der Waals surface area (Å²) in [6, 6.07) is 1.83. The first-order chi connectivity index (χ1) is 6.06. The molecule has 1 rings (SSSR count). The highest BCUT2D eigenvalue weighted by Gasteiger charge is 2.14. The van der Waals surface area contributed by atoms with E-state index in [1.165, 1.54) is 6.07 Å². The average molecular weight is 287 g/mol. The SMILES string of the molecule is Cl.N[C@H](CO)c1cc(Br)cc(F)c1O. The lowest BCUT2D eigenvalue weighted by Gasteiger charge is -2.11. The topological polar surface area (TPSA) is 66.5 Å². The minimum Gasteiger partial charge on any atom is -0.505 e. The van der Waals surface area contributed by atoms with Gasteiger partial charge in [-0.1, -0.05) is 15.9 Å². The third kappa shape index (κ3) is 2.81. The van der Waals surface area contributed by atoms with Crippen molar-refractivity contribution in [3.05, 3.63) is 28.0 Å². The van der Waals surface area contributed by atoms with E-state index in [0.29, 0.717) is 4.47 Å². The second-order valence-corrected chi connectivity index (χ2v) is 3.53. The van der Waals surface area contributed by atoms with Crippen LogP contribution in [-0.4, -0.2) is 16.8 Å². The van der Waals surface area contributed by atoms with Crippen LogP contribution >= 0.6 is 28.3 Å². The van der Waals surface area contributed by atoms with E-state index in [-0.39, 0.29) is 24.6 Å². The number of halogens is 3. The molecular weight excluding hydrogens is 276 g/mol. The molecule has 0 aliphatic heterocycles. The van der Waals surface area contributed by atoms with Crippen molar-refractivity contribution in [2.24, 2.45) is 5.73 Å². The fourth-order valence-electron chi connectivity index (χ4n) is 0.967. The van der Waals surface area contributed by atoms with Crippen molar-refractivity contribution in [3.63, 3.8) is 0 Å². The zero-order valence-electron chi connectivity index (χ0n) is 7.08. The number of benzene rings is 1. The van der Waals surface area contributed by atoms with Crippen molar-refractivity contribution in [1.29, 1.82) is 0 Å². The number of hydrogen-bond donors (Lipinski definition) is 3. The number of nitrogens with two attached hydrogens (primary N) is 1. The summed E-state index contributed by atoms with van der Waals surface area (Å²) in [4.78, 5) is 0. The maximum Gasteiger partial charge on any atom is 0.166 e. The van der Waals surface area contributed by atoms with Crippen LogP contribution in [-0.2, 0) is 0 Å². The van der Waals surface area contributed by atoms with E-state index in [0.717, 1.165) is 6.07 Å². The van der Waals surface area contributed by atoms with Crippen molar-refractivity contribution in [1.82, 2.24) is 0 Å². The number of aliphatic hydroxyl groups excluding tert-OH is 1. The molecule has 1 atom stereocenters. The lowest BCUT2D eigenvalue weighted by Crippen LogP contribution is -2.15. The molecule has 4 N–H and O–H groups in total. The molecule has 80 valence electrons. The average Bonchev–Trinajstić information content (AvgIpc) is 2.10. The quantitative estimate of drug-likeness (QED) is 0.775. The molecule has 0 aromatic heterocycles. The summed E-state index contributed by atoms with van der Waals surface area (Å²) in [6.07, 6.45) is 0. The maximum atomic E-state index is 12.9. The van der Waals surface area contributed by atoms with Crippen LogP contribution in [0, 0.1) is 5.82 Å². The molecule has 0 amide bonds. The summed E-state index contributed by atoms with van der Waals surface area (Å²) in [5.74, 6) is -1.27. The van der Waals surface area contributed by atoms with Crippen LogP contribution in [0.25, 0.3) is 0 Å². The monoisotopic (exact) mass is 285 g/mol. The second kappa shape index (κ2) is 5.50. The highest BCUT2D eigenvalue weighted by atomic mass is 79.9. The van der Waals surface area contributed by atoms with Crippen molar-refractivity contribution in [2.75, 3.05) is 6.61 Å². The number of hydrogen-bond acceptors (Lipinski definition) is 3. The Morgan fingerprint density at radius 1 is 1.50 bits per heavy atom. The Morgan fingerprint density at radius 2 is 2.07 bits per heavy atom. The van der Waals surface area contributed by atoms with Crippen LogP contribution in [0.5, 0.6) is 5.75 Å². The molecule has 0 radical (unpaired) electrons. The summed E-state index contributed by atoms with van der Waals surface area (Å²) in [5, 5.41) is 18.0. The van der Waals surface area contributed by atoms with Crippen molar-refractivity contribution >= 4 is 28.3 Å². The van der Waals surface area contributed by atoms with Gasteiger partial charge in [-0.15, -0.1) is 12.4 Å². The van der Waals surface area contributed by atoms with Gasteiger partial charge in [0.25, 0.3) is 0 Å². The molecule has 0 bridgehead atoms. The first-order valence-corrected chi connectivity index (χ1v) is 4.40. The van der Waals surface area contributed by atoms with Crippen molar-refractivity contribution < 1.29 is 14.6 Å². The van der Waals surface area contributed by atoms with E-state index >= 15 is 0 Å². The molecule has 0 aliphatic carbocycles. The van der Waals surface area contributed by atoms with Crippen LogP contribution in [0.15, 0.2) is 16.6 Å². The smallest absolute Gasteiger partial charge is 0.166 e. The van der Waals surface area contributed by atoms with Crippen LogP contribution in [0.1, 0.15) is 11.6 Å². The van der Waals surface area contributed by atoms with E-state index in [4.69, 9.17) is 10.8 Å². The van der Waals surface area contributed by atoms with E-state index in [2.05, 4.69) is 15.9 Å². The molecule has 0 heterocycles. The third-order valence-corrected chi connectivity index (χ3v) is 2.11. The first-order valence-electron chi connectivity index (χ1n) is 3.60. The van der Waals surface area contributed by atoms with Gasteiger partial charge in [0.05, 0.1) is 12.6 Å². The highest BCUT2D eigenvalue weighted by Crippen LogP contribution is 2.29. The second-order valence-electron chi connectivity index (χ2n) is 2.61. The Balaban J connectivity index is 0.00000169. The zero-order valence-corrected chi connectivity index (χ0v) is 9.48. The Bertz CT molecular complexity index is 324. The summed E-state index contributed by atoms with van der Waals surface area (Å²) in [7, 11) is 0. The predicted octanol–water partition coefficient (Wildman–Crippen LogP) is 1.71. The summed E-state index contributed by atoms with van der Waals surface area (Å²) >= 11 is 3.06. The normalized spacial score (nSPS) is 12.0. The summed E-state index contributed by atoms with van der Waals surface area (Å²) < 4.78 is 13.4. The lowest BCUT2D eigenvalue weighted by atomic mass is 10.1. The molecule has 3 nitrogen and oxygen atoms in total. The van der Waals surface area contributed by atoms with Gasteiger partial charge in [-0.05, 0) is 12.1 Å². The molecule has 14 heavy (non-hydrogen) atoms.